The molecule has 0 aromatic heterocycles. The maximum absolute atomic E-state index is 12.0. The quantitative estimate of drug-likeness (QED) is 0.571. The van der Waals surface area contributed by atoms with Gasteiger partial charge >= 0.3 is 0 Å². The Morgan fingerprint density at radius 1 is 1.18 bits per heavy atom. The van der Waals surface area contributed by atoms with Gasteiger partial charge in [0.05, 0.1) is 18.8 Å². The lowest BCUT2D eigenvalue weighted by Crippen LogP contribution is -2.25. The molecule has 0 aromatic rings. The molecule has 0 fully saturated rings. The van der Waals surface area contributed by atoms with Crippen molar-refractivity contribution in [2.45, 2.75) is 0 Å². The van der Waals surface area contributed by atoms with E-state index in [-0.39, 0.29) is 0 Å². The Balaban J connectivity index is 4.16. The van der Waals surface area contributed by atoms with Crippen molar-refractivity contribution in [2.24, 2.45) is 5.41 Å². The summed E-state index contributed by atoms with van der Waals surface area (Å²) in [5, 5.41) is 0. The summed E-state index contributed by atoms with van der Waals surface area (Å²) in [7, 11) is 1.33. The monoisotopic (exact) mass is 168 g/mol. The number of alkyl halides is 3. The van der Waals surface area contributed by atoms with Gasteiger partial charge in [0.25, 0.3) is 0 Å². The van der Waals surface area contributed by atoms with Crippen LogP contribution in [0.4, 0.5) is 13.2 Å². The number of halogens is 3. The summed E-state index contributed by atoms with van der Waals surface area (Å²) < 4.78 is 40.6. The van der Waals surface area contributed by atoms with Crippen LogP contribution in [0.1, 0.15) is 0 Å². The first-order chi connectivity index (χ1) is 5.24. The summed E-state index contributed by atoms with van der Waals surface area (Å²) in [5.41, 5.74) is -1.63. The van der Waals surface area contributed by atoms with Gasteiger partial charge in [0.15, 0.2) is 0 Å². The average Bonchev–Trinajstić information content (AvgIpc) is 2.08. The number of hydrogen-bond acceptors (Lipinski definition) is 1. The van der Waals surface area contributed by atoms with Crippen LogP contribution in [0, 0.1) is 5.41 Å². The molecule has 66 valence electrons. The molecule has 0 aliphatic rings. The molecule has 0 spiro atoms. The van der Waals surface area contributed by atoms with E-state index in [2.05, 4.69) is 4.74 Å². The van der Waals surface area contributed by atoms with Gasteiger partial charge in [-0.25, -0.2) is 13.2 Å². The lowest BCUT2D eigenvalue weighted by atomic mass is 9.94. The molecule has 0 amide bonds. The zero-order valence-electron chi connectivity index (χ0n) is 6.32. The van der Waals surface area contributed by atoms with Crippen LogP contribution in [0.25, 0.3) is 0 Å². The van der Waals surface area contributed by atoms with Gasteiger partial charge < -0.3 is 4.74 Å². The average molecular weight is 168 g/mol. The van der Waals surface area contributed by atoms with Gasteiger partial charge in [-0.2, -0.15) is 0 Å². The summed E-state index contributed by atoms with van der Waals surface area (Å²) in [6, 6.07) is 0. The first-order valence-electron chi connectivity index (χ1n) is 3.13. The third kappa shape index (κ3) is 2.82. The van der Waals surface area contributed by atoms with Gasteiger partial charge in [-0.3, -0.25) is 0 Å². The van der Waals surface area contributed by atoms with Crippen molar-refractivity contribution in [3.63, 3.8) is 0 Å². The molecule has 0 unspecified atom stereocenters. The van der Waals surface area contributed by atoms with Crippen LogP contribution < -0.4 is 0 Å². The lowest BCUT2D eigenvalue weighted by Gasteiger charge is -2.18. The molecule has 0 aromatic carbocycles. The zero-order valence-corrected chi connectivity index (χ0v) is 6.32. The Kier molecular flexibility index (Phi) is 4.74. The number of rotatable bonds is 5. The van der Waals surface area contributed by atoms with Crippen LogP contribution in [0.2, 0.25) is 0 Å². The summed E-state index contributed by atoms with van der Waals surface area (Å²) in [6.45, 7) is -3.17. The first kappa shape index (κ1) is 10.3. The largest absolute Gasteiger partial charge is 0.505 e. The summed E-state index contributed by atoms with van der Waals surface area (Å²) in [6.07, 6.45) is 2.14. The predicted octanol–water partition coefficient (Wildman–Crippen LogP) is 2.04. The number of allylic oxidation sites excluding steroid dienone is 1. The topological polar surface area (TPSA) is 9.23 Å². The fourth-order valence-corrected chi connectivity index (χ4v) is 0.453. The third-order valence-corrected chi connectivity index (χ3v) is 1.36. The molecule has 0 saturated carbocycles. The highest BCUT2D eigenvalue weighted by Gasteiger charge is 2.27. The fraction of sp³-hybridized carbons (Fsp3) is 0.714. The van der Waals surface area contributed by atoms with Crippen molar-refractivity contribution < 1.29 is 17.9 Å². The van der Waals surface area contributed by atoms with E-state index in [0.29, 0.717) is 0 Å². The molecule has 0 heterocycles. The Labute approximate surface area is 63.8 Å². The van der Waals surface area contributed by atoms with E-state index in [1.54, 1.807) is 0 Å². The Bertz CT molecular complexity index is 113. The van der Waals surface area contributed by atoms with Gasteiger partial charge in [0, 0.05) is 0 Å². The van der Waals surface area contributed by atoms with Crippen LogP contribution in [0.5, 0.6) is 0 Å². The Morgan fingerprint density at radius 2 is 1.64 bits per heavy atom. The van der Waals surface area contributed by atoms with Gasteiger partial charge in [-0.15, -0.1) is 0 Å². The highest BCUT2D eigenvalue weighted by atomic mass is 19.1. The van der Waals surface area contributed by atoms with Crippen molar-refractivity contribution in [3.05, 3.63) is 12.3 Å². The lowest BCUT2D eigenvalue weighted by molar-refractivity contribution is 0.159. The second-order valence-electron chi connectivity index (χ2n) is 2.30. The second-order valence-corrected chi connectivity index (χ2v) is 2.30. The summed E-state index contributed by atoms with van der Waals surface area (Å²) >= 11 is 0. The van der Waals surface area contributed by atoms with Gasteiger partial charge in [0.2, 0.25) is 0 Å². The predicted molar refractivity (Wildman–Crippen MR) is 36.5 cm³/mol. The number of ether oxygens (including phenoxy) is 1. The molecule has 0 aliphatic heterocycles. The van der Waals surface area contributed by atoms with E-state index in [1.807, 2.05) is 0 Å². The molecule has 0 aliphatic carbocycles. The first-order valence-corrected chi connectivity index (χ1v) is 3.13. The maximum atomic E-state index is 12.0. The van der Waals surface area contributed by atoms with Gasteiger partial charge in [0.1, 0.15) is 20.0 Å². The molecule has 0 radical (unpaired) electrons. The molecule has 4 heteroatoms. The molecule has 1 nitrogen and oxygen atoms in total. The highest BCUT2D eigenvalue weighted by Crippen LogP contribution is 2.21. The molecule has 11 heavy (non-hydrogen) atoms. The van der Waals surface area contributed by atoms with Crippen molar-refractivity contribution in [1.29, 1.82) is 0 Å². The van der Waals surface area contributed by atoms with Crippen molar-refractivity contribution >= 4 is 0 Å². The fourth-order valence-electron chi connectivity index (χ4n) is 0.453. The molecule has 0 atom stereocenters. The molecule has 0 N–H and O–H groups in total. The SMILES string of the molecule is COC=CC(CF)(CF)CF. The van der Waals surface area contributed by atoms with E-state index in [0.717, 1.165) is 12.3 Å². The number of hydrogen-bond donors (Lipinski definition) is 0. The molecule has 0 saturated heterocycles. The molecular weight excluding hydrogens is 157 g/mol. The van der Waals surface area contributed by atoms with Crippen molar-refractivity contribution in [3.8, 4) is 0 Å². The smallest absolute Gasteiger partial charge is 0.104 e. The highest BCUT2D eigenvalue weighted by molar-refractivity contribution is 4.96. The van der Waals surface area contributed by atoms with Crippen LogP contribution >= 0.6 is 0 Å². The second kappa shape index (κ2) is 5.04. The van der Waals surface area contributed by atoms with Gasteiger partial charge in [-0.05, 0) is 6.08 Å². The van der Waals surface area contributed by atoms with E-state index in [1.165, 1.54) is 7.11 Å². The minimum atomic E-state index is -1.63. The summed E-state index contributed by atoms with van der Waals surface area (Å²) in [5.74, 6) is 0. The van der Waals surface area contributed by atoms with E-state index in [9.17, 15) is 13.2 Å². The zero-order chi connectivity index (χ0) is 8.74. The Morgan fingerprint density at radius 3 is 1.91 bits per heavy atom. The van der Waals surface area contributed by atoms with E-state index >= 15 is 0 Å². The molecule has 0 rings (SSSR count). The third-order valence-electron chi connectivity index (χ3n) is 1.36. The van der Waals surface area contributed by atoms with Crippen LogP contribution in [0.15, 0.2) is 12.3 Å². The van der Waals surface area contributed by atoms with E-state index < -0.39 is 25.4 Å². The van der Waals surface area contributed by atoms with Crippen LogP contribution in [-0.4, -0.2) is 27.1 Å². The standard InChI is InChI=1S/C7H11F3O/c1-11-3-2-7(4-8,5-9)6-10/h2-3H,4-6H2,1H3. The Hall–Kier alpha value is -0.670. The molecular formula is C7H11F3O. The van der Waals surface area contributed by atoms with Crippen molar-refractivity contribution in [1.82, 2.24) is 0 Å². The maximum Gasteiger partial charge on any atom is 0.104 e. The van der Waals surface area contributed by atoms with Crippen LogP contribution in [0.3, 0.4) is 0 Å². The van der Waals surface area contributed by atoms with E-state index in [4.69, 9.17) is 0 Å². The minimum Gasteiger partial charge on any atom is -0.505 e. The summed E-state index contributed by atoms with van der Waals surface area (Å²) in [4.78, 5) is 0. The van der Waals surface area contributed by atoms with Gasteiger partial charge in [-0.1, -0.05) is 0 Å². The minimum absolute atomic E-state index is 1.06. The van der Waals surface area contributed by atoms with Crippen molar-refractivity contribution in [2.75, 3.05) is 27.1 Å². The number of methoxy groups -OCH3 is 1. The molecule has 0 bridgehead atoms. The normalized spacial score (nSPS) is 12.4. The van der Waals surface area contributed by atoms with Crippen LogP contribution in [-0.2, 0) is 4.74 Å².